The number of hydrogen-bond donors (Lipinski definition) is 3. The number of nitrogens with two attached hydrogens (primary N) is 1. The number of nitrogens with zero attached hydrogens (tertiary/aromatic N) is 2. The summed E-state index contributed by atoms with van der Waals surface area (Å²) >= 11 is 0. The number of aliphatic imine (C=N–C) groups is 1. The molecule has 0 radical (unpaired) electrons. The van der Waals surface area contributed by atoms with Crippen molar-refractivity contribution in [1.29, 1.82) is 0 Å². The van der Waals surface area contributed by atoms with Gasteiger partial charge in [-0.1, -0.05) is 61.5 Å². The van der Waals surface area contributed by atoms with Gasteiger partial charge in [0, 0.05) is 23.3 Å². The van der Waals surface area contributed by atoms with Gasteiger partial charge in [-0.15, -0.1) is 0 Å². The molecule has 2 aromatic carbocycles. The molecule has 3 aromatic rings. The number of aromatic nitrogens is 2. The van der Waals surface area contributed by atoms with Crippen molar-refractivity contribution in [2.45, 2.75) is 72.1 Å². The lowest BCUT2D eigenvalue weighted by Crippen LogP contribution is -2.17. The molecule has 0 bridgehead atoms. The van der Waals surface area contributed by atoms with Crippen molar-refractivity contribution in [3.63, 3.8) is 0 Å². The predicted molar refractivity (Wildman–Crippen MR) is 134 cm³/mol. The number of rotatable bonds is 3. The molecular weight excluding hydrogens is 400 g/mol. The lowest BCUT2D eigenvalue weighted by Gasteiger charge is -2.27. The molecule has 0 amide bonds. The minimum absolute atomic E-state index is 0.000517. The summed E-state index contributed by atoms with van der Waals surface area (Å²) in [7, 11) is 0. The highest BCUT2D eigenvalue weighted by Gasteiger charge is 2.24. The Hall–Kier alpha value is -3.15. The molecule has 0 spiro atoms. The fourth-order valence-electron chi connectivity index (χ4n) is 3.56. The van der Waals surface area contributed by atoms with E-state index in [2.05, 4.69) is 62.6 Å². The minimum Gasteiger partial charge on any atom is -0.507 e. The number of nitrogens with one attached hydrogen (secondary N) is 1. The van der Waals surface area contributed by atoms with Crippen LogP contribution in [0.1, 0.15) is 83.7 Å². The molecule has 4 N–H and O–H groups in total. The largest absolute Gasteiger partial charge is 0.507 e. The first-order valence-corrected chi connectivity index (χ1v) is 10.9. The molecule has 0 atom stereocenters. The summed E-state index contributed by atoms with van der Waals surface area (Å²) in [6.07, 6.45) is 1.65. The lowest BCUT2D eigenvalue weighted by molar-refractivity contribution is 0.444. The Morgan fingerprint density at radius 1 is 1.06 bits per heavy atom. The summed E-state index contributed by atoms with van der Waals surface area (Å²) in [5.41, 5.74) is 11.0. The third-order valence-electron chi connectivity index (χ3n) is 5.57. The van der Waals surface area contributed by atoms with E-state index in [1.54, 1.807) is 18.3 Å². The summed E-state index contributed by atoms with van der Waals surface area (Å²) in [6.45, 7) is 16.5. The summed E-state index contributed by atoms with van der Waals surface area (Å²) in [4.78, 5) is 24.2. The van der Waals surface area contributed by atoms with Crippen molar-refractivity contribution in [1.82, 2.24) is 9.97 Å². The predicted octanol–water partition coefficient (Wildman–Crippen LogP) is 5.68. The Morgan fingerprint density at radius 2 is 1.72 bits per heavy atom. The Kier molecular flexibility index (Phi) is 5.94. The number of phenolic OH excluding ortho intramolecular Hbond substituents is 1. The first kappa shape index (κ1) is 23.5. The van der Waals surface area contributed by atoms with Gasteiger partial charge < -0.3 is 15.8 Å². The maximum Gasteiger partial charge on any atom is 0.270 e. The van der Waals surface area contributed by atoms with E-state index in [4.69, 9.17) is 5.73 Å². The molecule has 32 heavy (non-hydrogen) atoms. The summed E-state index contributed by atoms with van der Waals surface area (Å²) in [6, 6.07) is 7.48. The van der Waals surface area contributed by atoms with E-state index in [1.165, 1.54) is 0 Å². The molecule has 1 aromatic heterocycles. The second-order valence-electron chi connectivity index (χ2n) is 10.8. The van der Waals surface area contributed by atoms with E-state index in [9.17, 15) is 9.90 Å². The monoisotopic (exact) mass is 434 g/mol. The van der Waals surface area contributed by atoms with E-state index in [0.29, 0.717) is 33.7 Å². The van der Waals surface area contributed by atoms with Gasteiger partial charge in [0.05, 0.1) is 22.4 Å². The smallest absolute Gasteiger partial charge is 0.270 e. The quantitative estimate of drug-likeness (QED) is 0.364. The minimum atomic E-state index is -0.223. The van der Waals surface area contributed by atoms with Crippen LogP contribution in [0.15, 0.2) is 34.1 Å². The van der Waals surface area contributed by atoms with Crippen LogP contribution < -0.4 is 11.3 Å². The van der Waals surface area contributed by atoms with Crippen molar-refractivity contribution >= 4 is 28.6 Å². The zero-order chi connectivity index (χ0) is 24.0. The van der Waals surface area contributed by atoms with Crippen molar-refractivity contribution in [2.24, 2.45) is 4.99 Å². The number of anilines is 1. The Balaban J connectivity index is 2.15. The SMILES string of the molecule is CC(C)c1nc2cc(N=Cc3cc(C(C)(C)C)cc(C(C)(C)C)c3O)c(N)cc2[nH]c1=O. The second kappa shape index (κ2) is 8.08. The van der Waals surface area contributed by atoms with Gasteiger partial charge in [-0.05, 0) is 34.6 Å². The molecule has 170 valence electrons. The summed E-state index contributed by atoms with van der Waals surface area (Å²) < 4.78 is 0. The van der Waals surface area contributed by atoms with Crippen molar-refractivity contribution in [2.75, 3.05) is 5.73 Å². The zero-order valence-corrected chi connectivity index (χ0v) is 20.3. The number of H-pyrrole nitrogens is 1. The van der Waals surface area contributed by atoms with Gasteiger partial charge in [0.15, 0.2) is 0 Å². The van der Waals surface area contributed by atoms with Crippen LogP contribution in [0.3, 0.4) is 0 Å². The van der Waals surface area contributed by atoms with Crippen LogP contribution in [0.2, 0.25) is 0 Å². The lowest BCUT2D eigenvalue weighted by atomic mass is 9.79. The number of aromatic hydroxyl groups is 1. The average molecular weight is 435 g/mol. The fraction of sp³-hybridized carbons (Fsp3) is 0.423. The van der Waals surface area contributed by atoms with Crippen LogP contribution in [-0.2, 0) is 10.8 Å². The van der Waals surface area contributed by atoms with Gasteiger partial charge in [-0.25, -0.2) is 4.98 Å². The van der Waals surface area contributed by atoms with Crippen LogP contribution in [0.5, 0.6) is 5.75 Å². The first-order chi connectivity index (χ1) is 14.7. The molecule has 3 rings (SSSR count). The topological polar surface area (TPSA) is 104 Å². The standard InChI is InChI=1S/C26H34N4O2/c1-14(2)22-24(32)30-20-11-18(27)19(12-21(20)29-22)28-13-15-9-16(25(3,4)5)10-17(23(15)31)26(6,7)8/h9-14,31H,27H2,1-8H3,(H,30,32). The van der Waals surface area contributed by atoms with Crippen LogP contribution in [-0.4, -0.2) is 21.3 Å². The molecular formula is C26H34N4O2. The van der Waals surface area contributed by atoms with E-state index >= 15 is 0 Å². The average Bonchev–Trinajstić information content (AvgIpc) is 2.64. The third-order valence-corrected chi connectivity index (χ3v) is 5.57. The van der Waals surface area contributed by atoms with Crippen LogP contribution in [0.4, 0.5) is 11.4 Å². The highest BCUT2D eigenvalue weighted by Crippen LogP contribution is 2.37. The highest BCUT2D eigenvalue weighted by molar-refractivity contribution is 5.91. The van der Waals surface area contributed by atoms with E-state index in [-0.39, 0.29) is 28.1 Å². The molecule has 6 heteroatoms. The summed E-state index contributed by atoms with van der Waals surface area (Å²) in [5.74, 6) is 0.221. The Labute approximate surface area is 189 Å². The maximum atomic E-state index is 12.2. The van der Waals surface area contributed by atoms with Crippen molar-refractivity contribution in [3.05, 3.63) is 57.0 Å². The molecule has 1 heterocycles. The van der Waals surface area contributed by atoms with Crippen molar-refractivity contribution < 1.29 is 5.11 Å². The number of hydrogen-bond acceptors (Lipinski definition) is 5. The summed E-state index contributed by atoms with van der Waals surface area (Å²) in [5, 5.41) is 11.0. The van der Waals surface area contributed by atoms with Crippen LogP contribution in [0, 0.1) is 0 Å². The first-order valence-electron chi connectivity index (χ1n) is 10.9. The highest BCUT2D eigenvalue weighted by atomic mass is 16.3. The van der Waals surface area contributed by atoms with E-state index in [1.807, 2.05) is 19.9 Å². The zero-order valence-electron chi connectivity index (χ0n) is 20.3. The second-order valence-corrected chi connectivity index (χ2v) is 10.8. The van der Waals surface area contributed by atoms with Crippen LogP contribution >= 0.6 is 0 Å². The number of benzene rings is 2. The molecule has 0 saturated carbocycles. The fourth-order valence-corrected chi connectivity index (χ4v) is 3.56. The number of phenols is 1. The third kappa shape index (κ3) is 4.69. The number of aromatic amines is 1. The van der Waals surface area contributed by atoms with Gasteiger partial charge in [0.25, 0.3) is 5.56 Å². The van der Waals surface area contributed by atoms with Gasteiger partial charge >= 0.3 is 0 Å². The van der Waals surface area contributed by atoms with Gasteiger partial charge in [0.1, 0.15) is 11.4 Å². The molecule has 0 saturated heterocycles. The molecule has 0 aliphatic carbocycles. The molecule has 0 fully saturated rings. The Bertz CT molecular complexity index is 1260. The molecule has 0 aliphatic rings. The number of fused-ring (bicyclic) bond motifs is 1. The van der Waals surface area contributed by atoms with Crippen molar-refractivity contribution in [3.8, 4) is 5.75 Å². The van der Waals surface area contributed by atoms with E-state index in [0.717, 1.165) is 11.1 Å². The Morgan fingerprint density at radius 3 is 2.28 bits per heavy atom. The molecule has 0 unspecified atom stereocenters. The molecule has 0 aliphatic heterocycles. The van der Waals surface area contributed by atoms with Gasteiger partial charge in [-0.3, -0.25) is 9.79 Å². The molecule has 6 nitrogen and oxygen atoms in total. The van der Waals surface area contributed by atoms with Crippen LogP contribution in [0.25, 0.3) is 11.0 Å². The van der Waals surface area contributed by atoms with Gasteiger partial charge in [0.2, 0.25) is 0 Å². The van der Waals surface area contributed by atoms with Gasteiger partial charge in [-0.2, -0.15) is 0 Å². The normalized spacial score (nSPS) is 12.9. The number of nitrogen functional groups attached to an aromatic ring is 1. The maximum absolute atomic E-state index is 12.2. The van der Waals surface area contributed by atoms with E-state index < -0.39 is 0 Å².